The van der Waals surface area contributed by atoms with Gasteiger partial charge in [-0.25, -0.2) is 9.69 Å². The molecule has 2 heterocycles. The number of barbiturate groups is 1. The lowest BCUT2D eigenvalue weighted by molar-refractivity contribution is -0.384. The van der Waals surface area contributed by atoms with Gasteiger partial charge in [0.25, 0.3) is 17.5 Å². The van der Waals surface area contributed by atoms with Crippen LogP contribution >= 0.6 is 11.6 Å². The van der Waals surface area contributed by atoms with Crippen molar-refractivity contribution in [3.8, 4) is 11.3 Å². The number of benzene rings is 2. The van der Waals surface area contributed by atoms with Crippen molar-refractivity contribution in [2.45, 2.75) is 13.8 Å². The van der Waals surface area contributed by atoms with Gasteiger partial charge in [0.15, 0.2) is 0 Å². The van der Waals surface area contributed by atoms with Crippen LogP contribution in [0.3, 0.4) is 0 Å². The number of nitrogens with one attached hydrogen (secondary N) is 1. The second-order valence-corrected chi connectivity index (χ2v) is 7.84. The Labute approximate surface area is 192 Å². The van der Waals surface area contributed by atoms with E-state index in [9.17, 15) is 24.5 Å². The number of hydrogen-bond donors (Lipinski definition) is 1. The van der Waals surface area contributed by atoms with Gasteiger partial charge in [-0.1, -0.05) is 17.7 Å². The van der Waals surface area contributed by atoms with E-state index >= 15 is 0 Å². The molecule has 4 amide bonds. The van der Waals surface area contributed by atoms with Crippen LogP contribution in [0.15, 0.2) is 58.5 Å². The number of rotatable bonds is 4. The number of carbonyl (C=O) groups is 3. The molecule has 1 aliphatic heterocycles. The van der Waals surface area contributed by atoms with Crippen LogP contribution in [0.1, 0.15) is 16.9 Å². The number of nitrogens with zero attached hydrogens (tertiary/aromatic N) is 2. The average Bonchev–Trinajstić information content (AvgIpc) is 3.19. The maximum atomic E-state index is 13.1. The predicted octanol–water partition coefficient (Wildman–Crippen LogP) is 4.79. The van der Waals surface area contributed by atoms with E-state index in [2.05, 4.69) is 5.32 Å². The van der Waals surface area contributed by atoms with E-state index in [0.717, 1.165) is 16.0 Å². The third-order valence-corrected chi connectivity index (χ3v) is 5.23. The summed E-state index contributed by atoms with van der Waals surface area (Å²) in [5.74, 6) is -1.23. The van der Waals surface area contributed by atoms with Gasteiger partial charge in [0.2, 0.25) is 0 Å². The van der Waals surface area contributed by atoms with Crippen molar-refractivity contribution in [3.63, 3.8) is 0 Å². The summed E-state index contributed by atoms with van der Waals surface area (Å²) in [6.07, 6.45) is 1.22. The molecule has 0 atom stereocenters. The first-order chi connectivity index (χ1) is 15.6. The molecular weight excluding hydrogens is 450 g/mol. The van der Waals surface area contributed by atoms with E-state index in [-0.39, 0.29) is 27.8 Å². The summed E-state index contributed by atoms with van der Waals surface area (Å²) in [5.41, 5.74) is 1.84. The summed E-state index contributed by atoms with van der Waals surface area (Å²) in [6, 6.07) is 11.6. The summed E-state index contributed by atoms with van der Waals surface area (Å²) in [5, 5.41) is 13.3. The largest absolute Gasteiger partial charge is 0.457 e. The van der Waals surface area contributed by atoms with Crippen molar-refractivity contribution in [1.82, 2.24) is 5.32 Å². The highest BCUT2D eigenvalue weighted by molar-refractivity contribution is 6.39. The first kappa shape index (κ1) is 22.0. The SMILES string of the molecule is Cc1cc(C)cc(N2C(=O)NC(=O)/C(=C/c3ccc(-c4ccc(Cl)c([N+](=O)[O-])c4)o3)C2=O)c1. The van der Waals surface area contributed by atoms with Crippen LogP contribution in [0.25, 0.3) is 17.4 Å². The molecule has 166 valence electrons. The lowest BCUT2D eigenvalue weighted by Crippen LogP contribution is -2.54. The number of nitro benzene ring substituents is 1. The van der Waals surface area contributed by atoms with Gasteiger partial charge in [-0.3, -0.25) is 25.0 Å². The van der Waals surface area contributed by atoms with Crippen molar-refractivity contribution in [2.75, 3.05) is 4.90 Å². The van der Waals surface area contributed by atoms with Crippen LogP contribution in [-0.4, -0.2) is 22.8 Å². The standard InChI is InChI=1S/C23H16ClN3O6/c1-12-7-13(2)9-15(8-12)26-22(29)17(21(28)25-23(26)30)11-16-4-6-20(33-16)14-3-5-18(24)19(10-14)27(31)32/h3-11H,1-2H3,(H,25,28,30)/b17-11-. The highest BCUT2D eigenvalue weighted by atomic mass is 35.5. The summed E-state index contributed by atoms with van der Waals surface area (Å²) < 4.78 is 5.67. The normalized spacial score (nSPS) is 15.2. The Morgan fingerprint density at radius 1 is 1.03 bits per heavy atom. The Hall–Kier alpha value is -4.24. The van der Waals surface area contributed by atoms with Gasteiger partial charge in [0.1, 0.15) is 22.1 Å². The second-order valence-electron chi connectivity index (χ2n) is 7.43. The molecule has 1 saturated heterocycles. The maximum absolute atomic E-state index is 13.1. The van der Waals surface area contributed by atoms with Crippen LogP contribution in [0.4, 0.5) is 16.2 Å². The first-order valence-corrected chi connectivity index (χ1v) is 10.1. The molecule has 3 aromatic rings. The van der Waals surface area contributed by atoms with Crippen LogP contribution in [0, 0.1) is 24.0 Å². The van der Waals surface area contributed by atoms with Gasteiger partial charge in [0.05, 0.1) is 10.6 Å². The van der Waals surface area contributed by atoms with Crippen LogP contribution in [-0.2, 0) is 9.59 Å². The summed E-state index contributed by atoms with van der Waals surface area (Å²) in [7, 11) is 0. The summed E-state index contributed by atoms with van der Waals surface area (Å²) in [4.78, 5) is 49.2. The van der Waals surface area contributed by atoms with Crippen molar-refractivity contribution in [2.24, 2.45) is 0 Å². The summed E-state index contributed by atoms with van der Waals surface area (Å²) >= 11 is 5.84. The van der Waals surface area contributed by atoms with Crippen molar-refractivity contribution >= 4 is 46.9 Å². The lowest BCUT2D eigenvalue weighted by atomic mass is 10.1. The number of halogens is 1. The third-order valence-electron chi connectivity index (χ3n) is 4.91. The molecule has 0 saturated carbocycles. The molecule has 1 aliphatic rings. The molecule has 1 fully saturated rings. The zero-order chi connectivity index (χ0) is 23.9. The number of furan rings is 1. The van der Waals surface area contributed by atoms with Gasteiger partial charge in [-0.15, -0.1) is 0 Å². The number of amides is 4. The monoisotopic (exact) mass is 465 g/mol. The number of aryl methyl sites for hydroxylation is 2. The number of hydrogen-bond acceptors (Lipinski definition) is 6. The maximum Gasteiger partial charge on any atom is 0.335 e. The summed E-state index contributed by atoms with van der Waals surface area (Å²) in [6.45, 7) is 3.66. The predicted molar refractivity (Wildman–Crippen MR) is 121 cm³/mol. The molecule has 0 aliphatic carbocycles. The molecule has 10 heteroatoms. The van der Waals surface area contributed by atoms with Crippen LogP contribution < -0.4 is 10.2 Å². The number of nitro groups is 1. The van der Waals surface area contributed by atoms with E-state index in [1.165, 1.54) is 30.3 Å². The minimum absolute atomic E-state index is 0.0155. The lowest BCUT2D eigenvalue weighted by Gasteiger charge is -2.26. The molecule has 0 radical (unpaired) electrons. The van der Waals surface area contributed by atoms with E-state index < -0.39 is 22.8 Å². The topological polar surface area (TPSA) is 123 Å². The minimum atomic E-state index is -0.856. The molecule has 1 aromatic heterocycles. The van der Waals surface area contributed by atoms with E-state index in [0.29, 0.717) is 11.3 Å². The molecule has 0 unspecified atom stereocenters. The smallest absolute Gasteiger partial charge is 0.335 e. The highest BCUT2D eigenvalue weighted by Gasteiger charge is 2.37. The fourth-order valence-corrected chi connectivity index (χ4v) is 3.69. The van der Waals surface area contributed by atoms with Gasteiger partial charge in [0, 0.05) is 11.6 Å². The number of anilines is 1. The Balaban J connectivity index is 1.69. The number of carbonyl (C=O) groups excluding carboxylic acids is 3. The van der Waals surface area contributed by atoms with Crippen LogP contribution in [0.5, 0.6) is 0 Å². The number of imide groups is 2. The van der Waals surface area contributed by atoms with E-state index in [1.54, 1.807) is 18.2 Å². The molecule has 4 rings (SSSR count). The van der Waals surface area contributed by atoms with Gasteiger partial charge < -0.3 is 4.42 Å². The Bertz CT molecular complexity index is 1350. The average molecular weight is 466 g/mol. The second kappa shape index (κ2) is 8.36. The Morgan fingerprint density at radius 3 is 2.39 bits per heavy atom. The van der Waals surface area contributed by atoms with E-state index in [4.69, 9.17) is 16.0 Å². The minimum Gasteiger partial charge on any atom is -0.457 e. The van der Waals surface area contributed by atoms with Crippen LogP contribution in [0.2, 0.25) is 5.02 Å². The quantitative estimate of drug-likeness (QED) is 0.256. The molecular formula is C23H16ClN3O6. The molecule has 2 aromatic carbocycles. The zero-order valence-electron chi connectivity index (χ0n) is 17.4. The van der Waals surface area contributed by atoms with Gasteiger partial charge in [-0.05, 0) is 67.4 Å². The fraction of sp³-hybridized carbons (Fsp3) is 0.0870. The fourth-order valence-electron chi connectivity index (χ4n) is 3.51. The van der Waals surface area contributed by atoms with E-state index in [1.807, 2.05) is 19.9 Å². The molecule has 33 heavy (non-hydrogen) atoms. The Kier molecular flexibility index (Phi) is 5.57. The highest BCUT2D eigenvalue weighted by Crippen LogP contribution is 2.32. The van der Waals surface area contributed by atoms with Crippen molar-refractivity contribution < 1.29 is 23.7 Å². The van der Waals surface area contributed by atoms with Gasteiger partial charge >= 0.3 is 6.03 Å². The molecule has 0 spiro atoms. The van der Waals surface area contributed by atoms with Gasteiger partial charge in [-0.2, -0.15) is 0 Å². The van der Waals surface area contributed by atoms with Crippen molar-refractivity contribution in [1.29, 1.82) is 0 Å². The third kappa shape index (κ3) is 4.26. The Morgan fingerprint density at radius 2 is 1.73 bits per heavy atom. The van der Waals surface area contributed by atoms with Crippen molar-refractivity contribution in [3.05, 3.63) is 86.1 Å². The molecule has 0 bridgehead atoms. The zero-order valence-corrected chi connectivity index (χ0v) is 18.2. The molecule has 9 nitrogen and oxygen atoms in total. The number of urea groups is 1. The first-order valence-electron chi connectivity index (χ1n) is 9.68. The molecule has 1 N–H and O–H groups in total.